The Hall–Kier alpha value is -1.98. The summed E-state index contributed by atoms with van der Waals surface area (Å²) in [5.74, 6) is 0.272. The zero-order valence-electron chi connectivity index (χ0n) is 16.0. The minimum absolute atomic E-state index is 0.132. The zero-order valence-corrected chi connectivity index (χ0v) is 16.8. The van der Waals surface area contributed by atoms with Gasteiger partial charge in [0.2, 0.25) is 0 Å². The lowest BCUT2D eigenvalue weighted by Crippen LogP contribution is -2.48. The molecule has 0 N–H and O–H groups in total. The number of rotatable bonds is 4. The Morgan fingerprint density at radius 2 is 1.77 bits per heavy atom. The van der Waals surface area contributed by atoms with Gasteiger partial charge in [-0.15, -0.1) is 11.3 Å². The van der Waals surface area contributed by atoms with Crippen molar-refractivity contribution >= 4 is 23.0 Å². The summed E-state index contributed by atoms with van der Waals surface area (Å²) >= 11 is 1.50. The second-order valence-corrected chi connectivity index (χ2v) is 8.04. The molecule has 0 atom stereocenters. The van der Waals surface area contributed by atoms with Crippen LogP contribution in [0.15, 0.2) is 23.6 Å². The Bertz CT molecular complexity index is 819. The number of carbonyl (C=O) groups excluding carboxylic acids is 2. The third kappa shape index (κ3) is 3.74. The molecule has 1 aliphatic rings. The minimum Gasteiger partial charge on any atom is -0.335 e. The Kier molecular flexibility index (Phi) is 5.58. The summed E-state index contributed by atoms with van der Waals surface area (Å²) in [4.78, 5) is 29.6. The normalized spacial score (nSPS) is 15.3. The van der Waals surface area contributed by atoms with Crippen LogP contribution in [-0.4, -0.2) is 47.7 Å². The van der Waals surface area contributed by atoms with E-state index in [2.05, 4.69) is 24.8 Å². The van der Waals surface area contributed by atoms with E-state index in [-0.39, 0.29) is 11.7 Å². The van der Waals surface area contributed by atoms with Gasteiger partial charge in [0.25, 0.3) is 5.91 Å². The number of aryl methyl sites for hydroxylation is 2. The Morgan fingerprint density at radius 3 is 2.35 bits per heavy atom. The van der Waals surface area contributed by atoms with Crippen LogP contribution in [0.3, 0.4) is 0 Å². The molecule has 2 aromatic rings. The number of piperazine rings is 1. The van der Waals surface area contributed by atoms with Crippen LogP contribution in [0.2, 0.25) is 0 Å². The molecule has 5 heteroatoms. The zero-order chi connectivity index (χ0) is 18.8. The molecule has 138 valence electrons. The number of nitrogens with zero attached hydrogens (tertiary/aromatic N) is 2. The molecule has 0 radical (unpaired) electrons. The van der Waals surface area contributed by atoms with Gasteiger partial charge in [-0.3, -0.25) is 14.5 Å². The maximum absolute atomic E-state index is 12.5. The van der Waals surface area contributed by atoms with Crippen molar-refractivity contribution in [2.24, 2.45) is 0 Å². The highest BCUT2D eigenvalue weighted by molar-refractivity contribution is 7.12. The van der Waals surface area contributed by atoms with Crippen LogP contribution in [0.4, 0.5) is 0 Å². The Labute approximate surface area is 159 Å². The third-order valence-electron chi connectivity index (χ3n) is 5.26. The molecule has 2 heterocycles. The lowest BCUT2D eigenvalue weighted by Gasteiger charge is -2.35. The van der Waals surface area contributed by atoms with E-state index < -0.39 is 0 Å². The van der Waals surface area contributed by atoms with Crippen LogP contribution < -0.4 is 0 Å². The molecule has 0 spiro atoms. The summed E-state index contributed by atoms with van der Waals surface area (Å²) in [7, 11) is 0. The fraction of sp³-hybridized carbons (Fsp3) is 0.429. The van der Waals surface area contributed by atoms with E-state index in [4.69, 9.17) is 0 Å². The smallest absolute Gasteiger partial charge is 0.264 e. The highest BCUT2D eigenvalue weighted by atomic mass is 32.1. The van der Waals surface area contributed by atoms with E-state index in [0.717, 1.165) is 54.3 Å². The first-order valence-corrected chi connectivity index (χ1v) is 9.92. The van der Waals surface area contributed by atoms with E-state index in [1.165, 1.54) is 22.5 Å². The molecule has 4 nitrogen and oxygen atoms in total. The second kappa shape index (κ2) is 7.72. The monoisotopic (exact) mass is 370 g/mol. The maximum atomic E-state index is 12.5. The van der Waals surface area contributed by atoms with Gasteiger partial charge in [-0.1, -0.05) is 12.1 Å². The fourth-order valence-electron chi connectivity index (χ4n) is 3.90. The molecule has 1 aliphatic heterocycles. The molecule has 1 amide bonds. The van der Waals surface area contributed by atoms with Gasteiger partial charge in [-0.2, -0.15) is 0 Å². The van der Waals surface area contributed by atoms with Gasteiger partial charge in [-0.25, -0.2) is 0 Å². The third-order valence-corrected chi connectivity index (χ3v) is 6.11. The summed E-state index contributed by atoms with van der Waals surface area (Å²) in [6, 6.07) is 5.93. The molecule has 1 saturated heterocycles. The van der Waals surface area contributed by atoms with Crippen molar-refractivity contribution in [2.75, 3.05) is 26.2 Å². The standard InChI is InChI=1S/C21H26N2O2S/c1-14-12-15(2)20(17(4)24)16(3)18(14)13-22-7-9-23(10-8-22)21(25)19-6-5-11-26-19/h5-6,11-12H,7-10,13H2,1-4H3. The lowest BCUT2D eigenvalue weighted by molar-refractivity contribution is 0.0632. The van der Waals surface area contributed by atoms with Crippen molar-refractivity contribution in [2.45, 2.75) is 34.2 Å². The molecule has 1 aromatic heterocycles. The summed E-state index contributed by atoms with van der Waals surface area (Å²) in [6.07, 6.45) is 0. The van der Waals surface area contributed by atoms with Crippen LogP contribution >= 0.6 is 11.3 Å². The number of benzene rings is 1. The lowest BCUT2D eigenvalue weighted by atomic mass is 9.91. The Balaban J connectivity index is 1.69. The first-order chi connectivity index (χ1) is 12.4. The maximum Gasteiger partial charge on any atom is 0.264 e. The number of Topliss-reactive ketones (excluding diaryl/α,β-unsaturated/α-hetero) is 1. The van der Waals surface area contributed by atoms with Crippen molar-refractivity contribution in [1.82, 2.24) is 9.80 Å². The van der Waals surface area contributed by atoms with Crippen molar-refractivity contribution in [3.05, 3.63) is 56.3 Å². The molecule has 1 fully saturated rings. The molecule has 26 heavy (non-hydrogen) atoms. The van der Waals surface area contributed by atoms with E-state index in [1.54, 1.807) is 6.92 Å². The van der Waals surface area contributed by atoms with Gasteiger partial charge in [0.05, 0.1) is 4.88 Å². The van der Waals surface area contributed by atoms with Gasteiger partial charge in [0.15, 0.2) is 5.78 Å². The average molecular weight is 371 g/mol. The van der Waals surface area contributed by atoms with Crippen LogP contribution in [-0.2, 0) is 6.54 Å². The molecule has 0 saturated carbocycles. The van der Waals surface area contributed by atoms with E-state index in [9.17, 15) is 9.59 Å². The second-order valence-electron chi connectivity index (χ2n) is 7.09. The van der Waals surface area contributed by atoms with E-state index in [0.29, 0.717) is 0 Å². The first-order valence-electron chi connectivity index (χ1n) is 9.04. The summed E-state index contributed by atoms with van der Waals surface area (Å²) in [6.45, 7) is 11.9. The molecule has 0 bridgehead atoms. The van der Waals surface area contributed by atoms with Crippen LogP contribution in [0.25, 0.3) is 0 Å². The number of thiophene rings is 1. The topological polar surface area (TPSA) is 40.6 Å². The molecule has 0 unspecified atom stereocenters. The summed E-state index contributed by atoms with van der Waals surface area (Å²) in [5.41, 5.74) is 5.51. The fourth-order valence-corrected chi connectivity index (χ4v) is 4.59. The van der Waals surface area contributed by atoms with Gasteiger partial charge in [0.1, 0.15) is 0 Å². The van der Waals surface area contributed by atoms with Crippen molar-refractivity contribution in [1.29, 1.82) is 0 Å². The van der Waals surface area contributed by atoms with Crippen molar-refractivity contribution in [3.63, 3.8) is 0 Å². The van der Waals surface area contributed by atoms with E-state index in [1.807, 2.05) is 29.3 Å². The number of ketones is 1. The molecule has 1 aromatic carbocycles. The number of hydrogen-bond donors (Lipinski definition) is 0. The van der Waals surface area contributed by atoms with Crippen LogP contribution in [0, 0.1) is 20.8 Å². The van der Waals surface area contributed by atoms with Crippen molar-refractivity contribution in [3.8, 4) is 0 Å². The van der Waals surface area contributed by atoms with Crippen LogP contribution in [0.5, 0.6) is 0 Å². The van der Waals surface area contributed by atoms with Gasteiger partial charge in [0, 0.05) is 38.3 Å². The minimum atomic E-state index is 0.132. The number of hydrogen-bond acceptors (Lipinski definition) is 4. The number of carbonyl (C=O) groups is 2. The quantitative estimate of drug-likeness (QED) is 0.768. The average Bonchev–Trinajstić information content (AvgIpc) is 3.12. The highest BCUT2D eigenvalue weighted by Crippen LogP contribution is 2.25. The van der Waals surface area contributed by atoms with E-state index >= 15 is 0 Å². The Morgan fingerprint density at radius 1 is 1.08 bits per heavy atom. The largest absolute Gasteiger partial charge is 0.335 e. The van der Waals surface area contributed by atoms with Crippen molar-refractivity contribution < 1.29 is 9.59 Å². The highest BCUT2D eigenvalue weighted by Gasteiger charge is 2.24. The van der Waals surface area contributed by atoms with Crippen LogP contribution in [0.1, 0.15) is 49.2 Å². The molecule has 3 rings (SSSR count). The molecule has 0 aliphatic carbocycles. The van der Waals surface area contributed by atoms with Gasteiger partial charge < -0.3 is 4.90 Å². The predicted molar refractivity (Wildman–Crippen MR) is 106 cm³/mol. The first kappa shape index (κ1) is 18.8. The van der Waals surface area contributed by atoms with Gasteiger partial charge >= 0.3 is 0 Å². The SMILES string of the molecule is CC(=O)c1c(C)cc(C)c(CN2CCN(C(=O)c3cccs3)CC2)c1C. The number of amides is 1. The summed E-state index contributed by atoms with van der Waals surface area (Å²) in [5, 5.41) is 1.94. The molecular formula is C21H26N2O2S. The molecular weight excluding hydrogens is 344 g/mol. The predicted octanol–water partition coefficient (Wildman–Crippen LogP) is 3.83. The summed E-state index contributed by atoms with van der Waals surface area (Å²) < 4.78 is 0. The van der Waals surface area contributed by atoms with Gasteiger partial charge in [-0.05, 0) is 61.4 Å².